The summed E-state index contributed by atoms with van der Waals surface area (Å²) in [5.74, 6) is -0.927. The van der Waals surface area contributed by atoms with Crippen molar-refractivity contribution in [1.29, 1.82) is 0 Å². The minimum atomic E-state index is -0.798. The van der Waals surface area contributed by atoms with Crippen LogP contribution in [0.5, 0.6) is 0 Å². The van der Waals surface area contributed by atoms with E-state index >= 15 is 0 Å². The highest BCUT2D eigenvalue weighted by Crippen LogP contribution is 2.17. The van der Waals surface area contributed by atoms with Gasteiger partial charge in [0.05, 0.1) is 0 Å². The summed E-state index contributed by atoms with van der Waals surface area (Å²) in [6, 6.07) is 0. The highest BCUT2D eigenvalue weighted by atomic mass is 16.6. The zero-order valence-corrected chi connectivity index (χ0v) is 51.9. The van der Waals surface area contributed by atoms with Gasteiger partial charge in [0.15, 0.2) is 6.10 Å². The Labute approximate surface area is 489 Å². The van der Waals surface area contributed by atoms with Crippen LogP contribution in [0, 0.1) is 0 Å². The third-order valence-electron chi connectivity index (χ3n) is 14.2. The Balaban J connectivity index is 4.33. The minimum absolute atomic E-state index is 0.0914. The molecule has 0 bridgehead atoms. The third kappa shape index (κ3) is 64.8. The molecule has 0 aromatic carbocycles. The highest BCUT2D eigenvalue weighted by molar-refractivity contribution is 5.71. The van der Waals surface area contributed by atoms with Crippen LogP contribution in [0.4, 0.5) is 0 Å². The summed E-state index contributed by atoms with van der Waals surface area (Å²) in [6.07, 6.45) is 91.1. The summed E-state index contributed by atoms with van der Waals surface area (Å²) < 4.78 is 16.9. The van der Waals surface area contributed by atoms with E-state index in [9.17, 15) is 14.4 Å². The second-order valence-electron chi connectivity index (χ2n) is 22.0. The molecule has 0 radical (unpaired) electrons. The lowest BCUT2D eigenvalue weighted by Gasteiger charge is -2.18. The van der Waals surface area contributed by atoms with Crippen LogP contribution in [-0.4, -0.2) is 37.2 Å². The Hall–Kier alpha value is -3.93. The van der Waals surface area contributed by atoms with Gasteiger partial charge in [0.1, 0.15) is 13.2 Å². The number of esters is 3. The van der Waals surface area contributed by atoms with Crippen LogP contribution in [0.1, 0.15) is 316 Å². The lowest BCUT2D eigenvalue weighted by atomic mass is 10.0. The van der Waals surface area contributed by atoms with Crippen LogP contribution in [0.2, 0.25) is 0 Å². The molecule has 452 valence electrons. The van der Waals surface area contributed by atoms with E-state index in [0.29, 0.717) is 19.3 Å². The number of hydrogen-bond donors (Lipinski definition) is 0. The van der Waals surface area contributed by atoms with Gasteiger partial charge in [0, 0.05) is 19.3 Å². The van der Waals surface area contributed by atoms with Gasteiger partial charge in [-0.1, -0.05) is 284 Å². The summed E-state index contributed by atoms with van der Waals surface area (Å²) in [5, 5.41) is 0. The fraction of sp³-hybridized carbons (Fsp3) is 0.712. The summed E-state index contributed by atoms with van der Waals surface area (Å²) in [5.41, 5.74) is 0. The molecule has 6 nitrogen and oxygen atoms in total. The maximum atomic E-state index is 12.9. The fourth-order valence-electron chi connectivity index (χ4n) is 9.30. The van der Waals surface area contributed by atoms with Gasteiger partial charge in [-0.3, -0.25) is 14.4 Å². The predicted molar refractivity (Wildman–Crippen MR) is 343 cm³/mol. The third-order valence-corrected chi connectivity index (χ3v) is 14.2. The average Bonchev–Trinajstić information content (AvgIpc) is 3.45. The van der Waals surface area contributed by atoms with Gasteiger partial charge in [0.25, 0.3) is 0 Å². The van der Waals surface area contributed by atoms with Crippen molar-refractivity contribution in [2.45, 2.75) is 322 Å². The number of unbranched alkanes of at least 4 members (excludes halogenated alkanes) is 31. The Morgan fingerprint density at radius 1 is 0.266 bits per heavy atom. The maximum absolute atomic E-state index is 12.9. The molecule has 0 aliphatic heterocycles. The van der Waals surface area contributed by atoms with Crippen LogP contribution < -0.4 is 0 Å². The van der Waals surface area contributed by atoms with Crippen molar-refractivity contribution in [2.24, 2.45) is 0 Å². The maximum Gasteiger partial charge on any atom is 0.306 e. The Kier molecular flexibility index (Phi) is 63.3. The van der Waals surface area contributed by atoms with E-state index in [2.05, 4.69) is 130 Å². The number of ether oxygens (including phenoxy) is 3. The standard InChI is InChI=1S/C73H124O6/c1-4-7-10-13-16-19-22-25-28-30-32-33-34-35-36-37-38-39-41-42-45-48-51-54-57-60-63-66-72(75)78-69-70(68-77-71(74)65-62-59-56-53-50-47-44-27-24-21-18-15-12-9-6-3)79-73(76)67-64-61-58-55-52-49-46-43-40-31-29-26-23-20-17-14-11-8-5-2/h7,9-10,12,16,18-19,21,25-29,32-33,44,50,53,70H,4-6,8,11,13-15,17,20,22-24,30-31,34-43,45-49,51-52,54-69H2,1-3H3/b10-7-,12-9-,19-16-,21-18-,28-25-,29-26-,33-32-,44-27-,53-50-. The van der Waals surface area contributed by atoms with Crippen LogP contribution >= 0.6 is 0 Å². The lowest BCUT2D eigenvalue weighted by molar-refractivity contribution is -0.167. The second-order valence-corrected chi connectivity index (χ2v) is 22.0. The van der Waals surface area contributed by atoms with Gasteiger partial charge in [-0.25, -0.2) is 0 Å². The molecular formula is C73H124O6. The monoisotopic (exact) mass is 1100 g/mol. The van der Waals surface area contributed by atoms with Crippen molar-refractivity contribution in [2.75, 3.05) is 13.2 Å². The van der Waals surface area contributed by atoms with Crippen molar-refractivity contribution in [3.05, 3.63) is 109 Å². The van der Waals surface area contributed by atoms with Crippen LogP contribution in [0.25, 0.3) is 0 Å². The predicted octanol–water partition coefficient (Wildman–Crippen LogP) is 23.0. The summed E-state index contributed by atoms with van der Waals surface area (Å²) in [6.45, 7) is 6.40. The van der Waals surface area contributed by atoms with Crippen molar-refractivity contribution >= 4 is 17.9 Å². The Bertz CT molecular complexity index is 1590. The van der Waals surface area contributed by atoms with Gasteiger partial charge in [-0.05, 0) is 122 Å². The molecular weight excluding hydrogens is 973 g/mol. The minimum Gasteiger partial charge on any atom is -0.462 e. The van der Waals surface area contributed by atoms with Crippen molar-refractivity contribution in [1.82, 2.24) is 0 Å². The molecule has 0 fully saturated rings. The topological polar surface area (TPSA) is 78.9 Å². The smallest absolute Gasteiger partial charge is 0.306 e. The summed E-state index contributed by atoms with van der Waals surface area (Å²) >= 11 is 0. The van der Waals surface area contributed by atoms with Gasteiger partial charge in [-0.2, -0.15) is 0 Å². The first kappa shape index (κ1) is 75.1. The lowest BCUT2D eigenvalue weighted by Crippen LogP contribution is -2.30. The normalized spacial score (nSPS) is 12.8. The Morgan fingerprint density at radius 2 is 0.494 bits per heavy atom. The molecule has 1 atom stereocenters. The van der Waals surface area contributed by atoms with E-state index in [-0.39, 0.29) is 31.1 Å². The number of hydrogen-bond acceptors (Lipinski definition) is 6. The van der Waals surface area contributed by atoms with Crippen LogP contribution in [0.15, 0.2) is 109 Å². The average molecular weight is 1100 g/mol. The number of rotatable bonds is 60. The molecule has 0 aliphatic rings. The number of carbonyl (C=O) groups excluding carboxylic acids is 3. The molecule has 6 heteroatoms. The molecule has 0 spiro atoms. The van der Waals surface area contributed by atoms with E-state index in [1.807, 2.05) is 0 Å². The second kappa shape index (κ2) is 66.6. The van der Waals surface area contributed by atoms with Crippen LogP contribution in [0.3, 0.4) is 0 Å². The van der Waals surface area contributed by atoms with Crippen molar-refractivity contribution in [3.63, 3.8) is 0 Å². The molecule has 0 N–H and O–H groups in total. The molecule has 0 aliphatic carbocycles. The highest BCUT2D eigenvalue weighted by Gasteiger charge is 2.19. The quantitative estimate of drug-likeness (QED) is 0.0261. The van der Waals surface area contributed by atoms with Gasteiger partial charge in [-0.15, -0.1) is 0 Å². The number of carbonyl (C=O) groups is 3. The first-order valence-electron chi connectivity index (χ1n) is 33.4. The fourth-order valence-corrected chi connectivity index (χ4v) is 9.30. The van der Waals surface area contributed by atoms with E-state index < -0.39 is 6.10 Å². The molecule has 0 amide bonds. The molecule has 0 saturated carbocycles. The Morgan fingerprint density at radius 3 is 0.810 bits per heavy atom. The van der Waals surface area contributed by atoms with E-state index in [4.69, 9.17) is 14.2 Å². The van der Waals surface area contributed by atoms with Gasteiger partial charge < -0.3 is 14.2 Å². The van der Waals surface area contributed by atoms with E-state index in [0.717, 1.165) is 109 Å². The van der Waals surface area contributed by atoms with E-state index in [1.165, 1.54) is 167 Å². The van der Waals surface area contributed by atoms with Gasteiger partial charge in [0.2, 0.25) is 0 Å². The molecule has 0 rings (SSSR count). The number of allylic oxidation sites excluding steroid dienone is 18. The molecule has 0 aromatic heterocycles. The van der Waals surface area contributed by atoms with Crippen molar-refractivity contribution < 1.29 is 28.6 Å². The van der Waals surface area contributed by atoms with E-state index in [1.54, 1.807) is 0 Å². The molecule has 0 heterocycles. The first-order chi connectivity index (χ1) is 39.0. The molecule has 0 aromatic rings. The van der Waals surface area contributed by atoms with Crippen LogP contribution in [-0.2, 0) is 28.6 Å². The zero-order chi connectivity index (χ0) is 57.1. The zero-order valence-electron chi connectivity index (χ0n) is 51.9. The summed E-state index contributed by atoms with van der Waals surface area (Å²) in [7, 11) is 0. The molecule has 79 heavy (non-hydrogen) atoms. The SMILES string of the molecule is CC/C=C\C/C=C\C/C=C\C/C=C\CCCCCCCCCCCCCCCCC(=O)OCC(COC(=O)CCCC/C=C\C/C=C\C/C=C\C/C=C\CC)OC(=O)CCCCCCCCCCC/C=C\CCCCCCCC. The van der Waals surface area contributed by atoms with Crippen molar-refractivity contribution in [3.8, 4) is 0 Å². The first-order valence-corrected chi connectivity index (χ1v) is 33.4. The molecule has 0 saturated heterocycles. The molecule has 1 unspecified atom stereocenters. The largest absolute Gasteiger partial charge is 0.462 e. The van der Waals surface area contributed by atoms with Gasteiger partial charge >= 0.3 is 17.9 Å². The summed E-state index contributed by atoms with van der Waals surface area (Å²) in [4.78, 5) is 38.4.